The van der Waals surface area contributed by atoms with Crippen molar-refractivity contribution in [2.45, 2.75) is 18.4 Å². The number of anilines is 1. The summed E-state index contributed by atoms with van der Waals surface area (Å²) in [5.74, 6) is -0.381. The second-order valence-electron chi connectivity index (χ2n) is 7.12. The maximum atomic E-state index is 13.0. The van der Waals surface area contributed by atoms with Crippen molar-refractivity contribution in [3.8, 4) is 0 Å². The second-order valence-corrected chi connectivity index (χ2v) is 8.88. The summed E-state index contributed by atoms with van der Waals surface area (Å²) in [6.07, 6.45) is 1.69. The van der Waals surface area contributed by atoms with Gasteiger partial charge in [-0.05, 0) is 54.4 Å². The molecule has 0 aliphatic heterocycles. The van der Waals surface area contributed by atoms with Crippen molar-refractivity contribution < 1.29 is 13.2 Å². The average Bonchev–Trinajstić information content (AvgIpc) is 2.79. The molecule has 6 nitrogen and oxygen atoms in total. The number of amides is 1. The van der Waals surface area contributed by atoms with Crippen molar-refractivity contribution >= 4 is 32.5 Å². The van der Waals surface area contributed by atoms with Crippen LogP contribution in [0.1, 0.15) is 21.5 Å². The van der Waals surface area contributed by atoms with Crippen LogP contribution in [0.15, 0.2) is 90.0 Å². The number of carbonyl (C=O) groups is 1. The van der Waals surface area contributed by atoms with Crippen LogP contribution >= 0.6 is 0 Å². The van der Waals surface area contributed by atoms with Crippen LogP contribution < -0.4 is 10.0 Å². The zero-order valence-corrected chi connectivity index (χ0v) is 17.7. The van der Waals surface area contributed by atoms with E-state index in [4.69, 9.17) is 0 Å². The highest BCUT2D eigenvalue weighted by atomic mass is 32.2. The van der Waals surface area contributed by atoms with Gasteiger partial charge in [0, 0.05) is 23.7 Å². The van der Waals surface area contributed by atoms with Gasteiger partial charge in [0.15, 0.2) is 0 Å². The van der Waals surface area contributed by atoms with E-state index in [1.54, 1.807) is 31.3 Å². The third-order valence-electron chi connectivity index (χ3n) is 4.97. The number of hydrogen-bond donors (Lipinski definition) is 2. The van der Waals surface area contributed by atoms with Gasteiger partial charge in [0.2, 0.25) is 10.0 Å². The summed E-state index contributed by atoms with van der Waals surface area (Å²) in [6, 6.07) is 22.9. The normalized spacial score (nSPS) is 11.4. The quantitative estimate of drug-likeness (QED) is 0.477. The van der Waals surface area contributed by atoms with Crippen molar-refractivity contribution in [2.24, 2.45) is 0 Å². The number of aryl methyl sites for hydroxylation is 1. The van der Waals surface area contributed by atoms with Crippen molar-refractivity contribution in [3.63, 3.8) is 0 Å². The Bertz CT molecular complexity index is 1350. The molecule has 0 bridgehead atoms. The molecule has 3 aromatic carbocycles. The minimum Gasteiger partial charge on any atom is -0.321 e. The first-order valence-electron chi connectivity index (χ1n) is 9.73. The van der Waals surface area contributed by atoms with Crippen LogP contribution in [0.4, 0.5) is 5.69 Å². The third-order valence-corrected chi connectivity index (χ3v) is 6.37. The van der Waals surface area contributed by atoms with Gasteiger partial charge in [-0.15, -0.1) is 0 Å². The molecular formula is C24H21N3O3S. The van der Waals surface area contributed by atoms with E-state index in [-0.39, 0.29) is 17.3 Å². The predicted molar refractivity (Wildman–Crippen MR) is 121 cm³/mol. The number of benzene rings is 3. The van der Waals surface area contributed by atoms with Crippen molar-refractivity contribution in [1.29, 1.82) is 0 Å². The van der Waals surface area contributed by atoms with E-state index in [2.05, 4.69) is 15.0 Å². The Balaban J connectivity index is 1.59. The Morgan fingerprint density at radius 2 is 1.74 bits per heavy atom. The van der Waals surface area contributed by atoms with Crippen LogP contribution in [-0.4, -0.2) is 19.3 Å². The number of fused-ring (bicyclic) bond motifs is 1. The Hall–Kier alpha value is -3.55. The van der Waals surface area contributed by atoms with E-state index in [1.807, 2.05) is 48.5 Å². The maximum absolute atomic E-state index is 13.0. The Labute approximate surface area is 181 Å². The average molecular weight is 432 g/mol. The summed E-state index contributed by atoms with van der Waals surface area (Å²) < 4.78 is 28.1. The number of pyridine rings is 1. The molecular weight excluding hydrogens is 410 g/mol. The lowest BCUT2D eigenvalue weighted by Gasteiger charge is -2.12. The fraction of sp³-hybridized carbons (Fsp3) is 0.0833. The van der Waals surface area contributed by atoms with E-state index in [9.17, 15) is 13.2 Å². The summed E-state index contributed by atoms with van der Waals surface area (Å²) in [5, 5.41) is 3.69. The molecule has 1 amide bonds. The van der Waals surface area contributed by atoms with E-state index in [0.29, 0.717) is 16.8 Å². The van der Waals surface area contributed by atoms with Gasteiger partial charge < -0.3 is 5.32 Å². The lowest BCUT2D eigenvalue weighted by atomic mass is 10.1. The number of nitrogens with one attached hydrogen (secondary N) is 2. The van der Waals surface area contributed by atoms with Crippen molar-refractivity contribution in [2.75, 3.05) is 5.32 Å². The lowest BCUT2D eigenvalue weighted by Crippen LogP contribution is -2.24. The SMILES string of the molecule is Cc1ccc(S(=O)(=O)NCc2ccccc2)cc1C(=O)Nc1cccc2ncccc12. The largest absolute Gasteiger partial charge is 0.321 e. The van der Waals surface area contributed by atoms with Gasteiger partial charge in [-0.25, -0.2) is 13.1 Å². The third kappa shape index (κ3) is 4.63. The second kappa shape index (κ2) is 8.67. The van der Waals surface area contributed by atoms with Crippen molar-refractivity contribution in [3.05, 3.63) is 102 Å². The van der Waals surface area contributed by atoms with Crippen LogP contribution in [-0.2, 0) is 16.6 Å². The molecule has 0 saturated heterocycles. The van der Waals surface area contributed by atoms with Gasteiger partial charge in [-0.2, -0.15) is 0 Å². The minimum absolute atomic E-state index is 0.0405. The first kappa shape index (κ1) is 20.7. The molecule has 4 aromatic rings. The van der Waals surface area contributed by atoms with Gasteiger partial charge in [0.1, 0.15) is 0 Å². The maximum Gasteiger partial charge on any atom is 0.255 e. The van der Waals surface area contributed by atoms with Gasteiger partial charge in [-0.3, -0.25) is 9.78 Å². The van der Waals surface area contributed by atoms with Crippen LogP contribution in [0.3, 0.4) is 0 Å². The molecule has 156 valence electrons. The zero-order chi connectivity index (χ0) is 21.8. The molecule has 0 radical (unpaired) electrons. The molecule has 0 atom stereocenters. The first-order chi connectivity index (χ1) is 14.9. The van der Waals surface area contributed by atoms with Crippen LogP contribution in [0.2, 0.25) is 0 Å². The summed E-state index contributed by atoms with van der Waals surface area (Å²) in [7, 11) is -3.78. The van der Waals surface area contributed by atoms with E-state index in [0.717, 1.165) is 16.5 Å². The molecule has 0 saturated carbocycles. The number of rotatable bonds is 6. The topological polar surface area (TPSA) is 88.2 Å². The molecule has 0 aliphatic carbocycles. The Morgan fingerprint density at radius 1 is 0.935 bits per heavy atom. The molecule has 1 heterocycles. The molecule has 0 aliphatic rings. The monoisotopic (exact) mass is 431 g/mol. The molecule has 0 spiro atoms. The minimum atomic E-state index is -3.78. The van der Waals surface area contributed by atoms with E-state index >= 15 is 0 Å². The Kier molecular flexibility index (Phi) is 5.79. The lowest BCUT2D eigenvalue weighted by molar-refractivity contribution is 0.102. The van der Waals surface area contributed by atoms with E-state index < -0.39 is 10.0 Å². The van der Waals surface area contributed by atoms with Crippen molar-refractivity contribution in [1.82, 2.24) is 9.71 Å². The molecule has 0 fully saturated rings. The Morgan fingerprint density at radius 3 is 2.55 bits per heavy atom. The van der Waals surface area contributed by atoms with Crippen LogP contribution in [0.5, 0.6) is 0 Å². The predicted octanol–water partition coefficient (Wildman–Crippen LogP) is 4.27. The number of sulfonamides is 1. The summed E-state index contributed by atoms with van der Waals surface area (Å²) in [4.78, 5) is 17.3. The van der Waals surface area contributed by atoms with Gasteiger partial charge in [-0.1, -0.05) is 42.5 Å². The van der Waals surface area contributed by atoms with Gasteiger partial charge in [0.25, 0.3) is 5.91 Å². The van der Waals surface area contributed by atoms with Crippen LogP contribution in [0.25, 0.3) is 10.9 Å². The van der Waals surface area contributed by atoms with Gasteiger partial charge >= 0.3 is 0 Å². The van der Waals surface area contributed by atoms with E-state index in [1.165, 1.54) is 12.1 Å². The molecule has 31 heavy (non-hydrogen) atoms. The first-order valence-corrected chi connectivity index (χ1v) is 11.2. The smallest absolute Gasteiger partial charge is 0.255 e. The standard InChI is InChI=1S/C24H21N3O3S/c1-17-12-13-19(31(29,30)26-16-18-7-3-2-4-8-18)15-21(17)24(28)27-23-11-5-10-22-20(23)9-6-14-25-22/h2-15,26H,16H2,1H3,(H,27,28). The molecule has 1 aromatic heterocycles. The highest BCUT2D eigenvalue weighted by Gasteiger charge is 2.18. The fourth-order valence-electron chi connectivity index (χ4n) is 3.27. The number of hydrogen-bond acceptors (Lipinski definition) is 4. The number of aromatic nitrogens is 1. The molecule has 4 rings (SSSR count). The number of nitrogens with zero attached hydrogens (tertiary/aromatic N) is 1. The summed E-state index contributed by atoms with van der Waals surface area (Å²) in [5.41, 5.74) is 3.20. The summed E-state index contributed by atoms with van der Waals surface area (Å²) in [6.45, 7) is 1.94. The van der Waals surface area contributed by atoms with Crippen LogP contribution in [0, 0.1) is 6.92 Å². The highest BCUT2D eigenvalue weighted by molar-refractivity contribution is 7.89. The summed E-state index contributed by atoms with van der Waals surface area (Å²) >= 11 is 0. The highest BCUT2D eigenvalue weighted by Crippen LogP contribution is 2.23. The molecule has 7 heteroatoms. The molecule has 2 N–H and O–H groups in total. The molecule has 0 unspecified atom stereocenters. The fourth-order valence-corrected chi connectivity index (χ4v) is 4.32. The zero-order valence-electron chi connectivity index (χ0n) is 16.9. The number of carbonyl (C=O) groups excluding carboxylic acids is 1. The van der Waals surface area contributed by atoms with Gasteiger partial charge in [0.05, 0.1) is 16.1 Å².